The molecule has 0 aliphatic heterocycles. The zero-order valence-corrected chi connectivity index (χ0v) is 13.9. The normalized spacial score (nSPS) is 11.7. The molecule has 0 saturated carbocycles. The van der Waals surface area contributed by atoms with Gasteiger partial charge in [-0.25, -0.2) is 19.9 Å². The van der Waals surface area contributed by atoms with Crippen LogP contribution in [0.15, 0.2) is 31.1 Å². The SMILES string of the molecule is CC(C)[C@H](CO)Nc1ncnc2[nH]c(-c3cncnc3)cc12.O=CO. The minimum atomic E-state index is -0.250. The van der Waals surface area contributed by atoms with Gasteiger partial charge in [0.2, 0.25) is 0 Å². The van der Waals surface area contributed by atoms with Gasteiger partial charge in [0.1, 0.15) is 24.1 Å². The highest BCUT2D eigenvalue weighted by atomic mass is 16.3. The summed E-state index contributed by atoms with van der Waals surface area (Å²) in [6, 6.07) is 1.90. The Labute approximate surface area is 144 Å². The van der Waals surface area contributed by atoms with Crippen LogP contribution >= 0.6 is 0 Å². The number of carboxylic acid groups (broad SMARTS) is 1. The molecule has 3 rings (SSSR count). The Morgan fingerprint density at radius 2 is 1.92 bits per heavy atom. The smallest absolute Gasteiger partial charge is 0.290 e. The van der Waals surface area contributed by atoms with Crippen LogP contribution in [0.3, 0.4) is 0 Å². The minimum Gasteiger partial charge on any atom is -0.483 e. The van der Waals surface area contributed by atoms with E-state index in [2.05, 4.69) is 44.1 Å². The average Bonchev–Trinajstić information content (AvgIpc) is 3.06. The molecule has 0 aliphatic rings. The van der Waals surface area contributed by atoms with Crippen LogP contribution in [0.2, 0.25) is 0 Å². The van der Waals surface area contributed by atoms with Crippen molar-refractivity contribution in [1.29, 1.82) is 0 Å². The van der Waals surface area contributed by atoms with Crippen LogP contribution in [0.25, 0.3) is 22.3 Å². The molecule has 0 amide bonds. The van der Waals surface area contributed by atoms with Gasteiger partial charge in [-0.1, -0.05) is 13.8 Å². The molecule has 0 aromatic carbocycles. The number of aliphatic hydroxyl groups is 1. The fraction of sp³-hybridized carbons (Fsp3) is 0.312. The van der Waals surface area contributed by atoms with Gasteiger partial charge in [0.05, 0.1) is 23.7 Å². The van der Waals surface area contributed by atoms with E-state index < -0.39 is 0 Å². The van der Waals surface area contributed by atoms with E-state index in [1.807, 2.05) is 6.07 Å². The Morgan fingerprint density at radius 1 is 1.24 bits per heavy atom. The fourth-order valence-corrected chi connectivity index (χ4v) is 2.25. The molecule has 3 heterocycles. The molecule has 0 saturated heterocycles. The summed E-state index contributed by atoms with van der Waals surface area (Å²) in [5.74, 6) is 0.994. The molecule has 0 unspecified atom stereocenters. The lowest BCUT2D eigenvalue weighted by Crippen LogP contribution is -2.29. The molecule has 0 spiro atoms. The topological polar surface area (TPSA) is 137 Å². The summed E-state index contributed by atoms with van der Waals surface area (Å²) in [7, 11) is 0. The molecule has 1 atom stereocenters. The number of carbonyl (C=O) groups is 1. The molecule has 3 aromatic rings. The third-order valence-electron chi connectivity index (χ3n) is 3.62. The van der Waals surface area contributed by atoms with E-state index in [0.717, 1.165) is 22.3 Å². The van der Waals surface area contributed by atoms with E-state index in [-0.39, 0.29) is 25.0 Å². The van der Waals surface area contributed by atoms with Gasteiger partial charge in [-0.05, 0) is 12.0 Å². The molecule has 3 aromatic heterocycles. The van der Waals surface area contributed by atoms with Crippen LogP contribution in [0.5, 0.6) is 0 Å². The summed E-state index contributed by atoms with van der Waals surface area (Å²) in [6.07, 6.45) is 6.47. The van der Waals surface area contributed by atoms with E-state index in [9.17, 15) is 5.11 Å². The molecule has 0 radical (unpaired) electrons. The Kier molecular flexibility index (Phi) is 6.35. The van der Waals surface area contributed by atoms with E-state index in [1.165, 1.54) is 12.7 Å². The first-order chi connectivity index (χ1) is 12.1. The monoisotopic (exact) mass is 344 g/mol. The van der Waals surface area contributed by atoms with Gasteiger partial charge in [-0.2, -0.15) is 0 Å². The second-order valence-corrected chi connectivity index (χ2v) is 5.58. The Bertz CT molecular complexity index is 806. The number of aromatic amines is 1. The number of anilines is 1. The largest absolute Gasteiger partial charge is 0.483 e. The van der Waals surface area contributed by atoms with Gasteiger partial charge in [0, 0.05) is 18.0 Å². The predicted octanol–water partition coefficient (Wildman–Crippen LogP) is 1.54. The zero-order chi connectivity index (χ0) is 18.2. The van der Waals surface area contributed by atoms with Gasteiger partial charge in [0.15, 0.2) is 0 Å². The maximum absolute atomic E-state index is 9.48. The zero-order valence-electron chi connectivity index (χ0n) is 13.9. The number of fused-ring (bicyclic) bond motifs is 1. The highest BCUT2D eigenvalue weighted by molar-refractivity contribution is 5.91. The standard InChI is InChI=1S/C15H18N6O.CH2O2/c1-9(2)13(6-22)21-15-11-3-12(10-4-16-7-17-5-10)20-14(11)18-8-19-15;2-1-3/h3-5,7-9,13,22H,6H2,1-2H3,(H2,18,19,20,21);1H,(H,2,3)/t13-;/m0./s1. The minimum absolute atomic E-state index is 0.0486. The van der Waals surface area contributed by atoms with Crippen LogP contribution in [-0.4, -0.2) is 54.3 Å². The number of aromatic nitrogens is 5. The Morgan fingerprint density at radius 3 is 2.52 bits per heavy atom. The third kappa shape index (κ3) is 4.48. The van der Waals surface area contributed by atoms with E-state index >= 15 is 0 Å². The third-order valence-corrected chi connectivity index (χ3v) is 3.62. The van der Waals surface area contributed by atoms with E-state index in [4.69, 9.17) is 9.90 Å². The van der Waals surface area contributed by atoms with Crippen molar-refractivity contribution in [2.24, 2.45) is 5.92 Å². The maximum Gasteiger partial charge on any atom is 0.290 e. The number of aliphatic hydroxyl groups excluding tert-OH is 1. The first-order valence-corrected chi connectivity index (χ1v) is 7.65. The Hall–Kier alpha value is -3.07. The van der Waals surface area contributed by atoms with E-state index in [1.54, 1.807) is 12.4 Å². The molecule has 0 fully saturated rings. The highest BCUT2D eigenvalue weighted by Crippen LogP contribution is 2.26. The number of nitrogens with one attached hydrogen (secondary N) is 2. The summed E-state index contributed by atoms with van der Waals surface area (Å²) in [5.41, 5.74) is 2.50. The van der Waals surface area contributed by atoms with Crippen LogP contribution < -0.4 is 5.32 Å². The lowest BCUT2D eigenvalue weighted by atomic mass is 10.1. The summed E-state index contributed by atoms with van der Waals surface area (Å²) < 4.78 is 0. The van der Waals surface area contributed by atoms with Gasteiger partial charge in [-0.15, -0.1) is 0 Å². The van der Waals surface area contributed by atoms with Crippen molar-refractivity contribution in [3.63, 3.8) is 0 Å². The van der Waals surface area contributed by atoms with Crippen LogP contribution in [0.1, 0.15) is 13.8 Å². The molecule has 9 heteroatoms. The average molecular weight is 344 g/mol. The predicted molar refractivity (Wildman–Crippen MR) is 92.9 cm³/mol. The quantitative estimate of drug-likeness (QED) is 0.512. The second-order valence-electron chi connectivity index (χ2n) is 5.58. The highest BCUT2D eigenvalue weighted by Gasteiger charge is 2.16. The molecule has 4 N–H and O–H groups in total. The van der Waals surface area contributed by atoms with Crippen molar-refractivity contribution in [3.8, 4) is 11.3 Å². The van der Waals surface area contributed by atoms with Crippen molar-refractivity contribution in [3.05, 3.63) is 31.1 Å². The van der Waals surface area contributed by atoms with Crippen molar-refractivity contribution >= 4 is 23.3 Å². The summed E-state index contributed by atoms with van der Waals surface area (Å²) in [4.78, 5) is 28.2. The molecule has 0 aliphatic carbocycles. The number of H-pyrrole nitrogens is 1. The first-order valence-electron chi connectivity index (χ1n) is 7.65. The molecule has 9 nitrogen and oxygen atoms in total. The van der Waals surface area contributed by atoms with Crippen molar-refractivity contribution in [2.75, 3.05) is 11.9 Å². The lowest BCUT2D eigenvalue weighted by molar-refractivity contribution is -0.122. The van der Waals surface area contributed by atoms with Gasteiger partial charge in [0.25, 0.3) is 6.47 Å². The van der Waals surface area contributed by atoms with Gasteiger partial charge >= 0.3 is 0 Å². The van der Waals surface area contributed by atoms with Crippen molar-refractivity contribution < 1.29 is 15.0 Å². The molecule has 25 heavy (non-hydrogen) atoms. The Balaban J connectivity index is 0.000000701. The molecule has 132 valence electrons. The second kappa shape index (κ2) is 8.69. The van der Waals surface area contributed by atoms with Gasteiger partial charge < -0.3 is 20.5 Å². The van der Waals surface area contributed by atoms with Crippen molar-refractivity contribution in [2.45, 2.75) is 19.9 Å². The lowest BCUT2D eigenvalue weighted by Gasteiger charge is -2.20. The van der Waals surface area contributed by atoms with Crippen molar-refractivity contribution in [1.82, 2.24) is 24.9 Å². The summed E-state index contributed by atoms with van der Waals surface area (Å²) in [6.45, 7) is 3.90. The molecular formula is C16H20N6O3. The number of hydrogen-bond donors (Lipinski definition) is 4. The number of nitrogens with zero attached hydrogens (tertiary/aromatic N) is 4. The summed E-state index contributed by atoms with van der Waals surface area (Å²) in [5, 5.41) is 20.5. The molecule has 0 bridgehead atoms. The fourth-order valence-electron chi connectivity index (χ4n) is 2.25. The van der Waals surface area contributed by atoms with Gasteiger partial charge in [-0.3, -0.25) is 4.79 Å². The van der Waals surface area contributed by atoms with E-state index in [0.29, 0.717) is 5.82 Å². The van der Waals surface area contributed by atoms with Crippen LogP contribution in [0.4, 0.5) is 5.82 Å². The first kappa shape index (κ1) is 18.3. The van der Waals surface area contributed by atoms with Crippen LogP contribution in [-0.2, 0) is 4.79 Å². The molecular weight excluding hydrogens is 324 g/mol. The maximum atomic E-state index is 9.48. The van der Waals surface area contributed by atoms with Crippen LogP contribution in [0, 0.1) is 5.92 Å². The number of hydrogen-bond acceptors (Lipinski definition) is 7. The number of rotatable bonds is 5. The summed E-state index contributed by atoms with van der Waals surface area (Å²) >= 11 is 0.